The Morgan fingerprint density at radius 1 is 1.06 bits per heavy atom. The molecule has 36 heavy (non-hydrogen) atoms. The summed E-state index contributed by atoms with van der Waals surface area (Å²) in [5, 5.41) is 12.2. The summed E-state index contributed by atoms with van der Waals surface area (Å²) in [6.07, 6.45) is 7.56. The van der Waals surface area contributed by atoms with E-state index in [9.17, 15) is 4.79 Å². The van der Waals surface area contributed by atoms with Crippen LogP contribution in [0.1, 0.15) is 36.0 Å². The minimum atomic E-state index is -0.309. The van der Waals surface area contributed by atoms with Crippen LogP contribution in [0.3, 0.4) is 0 Å². The predicted molar refractivity (Wildman–Crippen MR) is 140 cm³/mol. The third kappa shape index (κ3) is 3.85. The van der Waals surface area contributed by atoms with E-state index in [0.717, 1.165) is 77.1 Å². The molecule has 0 amide bonds. The van der Waals surface area contributed by atoms with E-state index in [4.69, 9.17) is 9.15 Å². The summed E-state index contributed by atoms with van der Waals surface area (Å²) >= 11 is 1.61. The molecule has 7 rings (SSSR count). The third-order valence-electron chi connectivity index (χ3n) is 7.36. The average molecular weight is 499 g/mol. The number of hydrogen-bond donors (Lipinski definition) is 1. The Hall–Kier alpha value is -3.36. The van der Waals surface area contributed by atoms with Crippen molar-refractivity contribution in [3.05, 3.63) is 75.8 Å². The summed E-state index contributed by atoms with van der Waals surface area (Å²) < 4.78 is 13.7. The number of rotatable bonds is 6. The van der Waals surface area contributed by atoms with Crippen LogP contribution < -0.4 is 5.63 Å². The summed E-state index contributed by atoms with van der Waals surface area (Å²) in [7, 11) is 0. The molecule has 1 aliphatic heterocycles. The number of para-hydroxylation sites is 1. The molecule has 1 aliphatic carbocycles. The first kappa shape index (κ1) is 21.9. The van der Waals surface area contributed by atoms with Crippen molar-refractivity contribution in [1.29, 1.82) is 0 Å². The standard InChI is InChI=1S/C28H26N4O3S/c33-26-13-19(22-11-17-5-3-6-18(17)12-25(22)35-26)16-36-28-31-30-27(32(28)15-20-7-4-10-34-20)23-14-29-24-9-2-1-8-21(23)24/h1-2,8-9,11-14,20,29H,3-7,10,15-16H2. The Balaban J connectivity index is 1.26. The Bertz CT molecular complexity index is 1640. The lowest BCUT2D eigenvalue weighted by Gasteiger charge is -2.15. The van der Waals surface area contributed by atoms with Crippen LogP contribution in [0.4, 0.5) is 0 Å². The summed E-state index contributed by atoms with van der Waals surface area (Å²) in [5.74, 6) is 1.44. The summed E-state index contributed by atoms with van der Waals surface area (Å²) in [4.78, 5) is 15.7. The van der Waals surface area contributed by atoms with Gasteiger partial charge in [0, 0.05) is 46.5 Å². The van der Waals surface area contributed by atoms with Crippen LogP contribution in [0, 0.1) is 0 Å². The number of hydrogen-bond acceptors (Lipinski definition) is 6. The Kier molecular flexibility index (Phi) is 5.44. The molecule has 3 aromatic heterocycles. The number of H-pyrrole nitrogens is 1. The van der Waals surface area contributed by atoms with Gasteiger partial charge in [-0.1, -0.05) is 30.0 Å². The van der Waals surface area contributed by atoms with Crippen molar-refractivity contribution in [2.75, 3.05) is 6.61 Å². The molecule has 1 N–H and O–H groups in total. The number of ether oxygens (including phenoxy) is 1. The largest absolute Gasteiger partial charge is 0.423 e. The van der Waals surface area contributed by atoms with Crippen molar-refractivity contribution in [2.45, 2.75) is 55.7 Å². The van der Waals surface area contributed by atoms with Gasteiger partial charge in [-0.2, -0.15) is 0 Å². The molecular formula is C28H26N4O3S. The Morgan fingerprint density at radius 3 is 2.83 bits per heavy atom. The van der Waals surface area contributed by atoms with E-state index in [1.165, 1.54) is 11.1 Å². The minimum absolute atomic E-state index is 0.150. The molecule has 7 nitrogen and oxygen atoms in total. The van der Waals surface area contributed by atoms with Crippen molar-refractivity contribution < 1.29 is 9.15 Å². The minimum Gasteiger partial charge on any atom is -0.423 e. The Morgan fingerprint density at radius 2 is 1.94 bits per heavy atom. The molecule has 0 bridgehead atoms. The number of aromatic nitrogens is 4. The number of thioether (sulfide) groups is 1. The molecule has 0 spiro atoms. The lowest BCUT2D eigenvalue weighted by atomic mass is 10.0. The van der Waals surface area contributed by atoms with E-state index in [2.05, 4.69) is 44.0 Å². The van der Waals surface area contributed by atoms with E-state index < -0.39 is 0 Å². The zero-order valence-corrected chi connectivity index (χ0v) is 20.6. The van der Waals surface area contributed by atoms with Crippen LogP contribution in [0.15, 0.2) is 63.0 Å². The first-order valence-corrected chi connectivity index (χ1v) is 13.5. The summed E-state index contributed by atoms with van der Waals surface area (Å²) in [6, 6.07) is 14.1. The van der Waals surface area contributed by atoms with Crippen molar-refractivity contribution in [3.63, 3.8) is 0 Å². The van der Waals surface area contributed by atoms with E-state index >= 15 is 0 Å². The molecule has 1 saturated heterocycles. The van der Waals surface area contributed by atoms with Gasteiger partial charge in [0.2, 0.25) is 0 Å². The second kappa shape index (κ2) is 8.94. The number of benzene rings is 2. The molecule has 2 aromatic carbocycles. The summed E-state index contributed by atoms with van der Waals surface area (Å²) in [6.45, 7) is 1.50. The zero-order valence-electron chi connectivity index (χ0n) is 19.8. The van der Waals surface area contributed by atoms with Crippen LogP contribution in [0.2, 0.25) is 0 Å². The van der Waals surface area contributed by atoms with Gasteiger partial charge < -0.3 is 14.1 Å². The second-order valence-corrected chi connectivity index (χ2v) is 10.6. The van der Waals surface area contributed by atoms with E-state index in [0.29, 0.717) is 17.9 Å². The van der Waals surface area contributed by atoms with Gasteiger partial charge in [0.25, 0.3) is 0 Å². The smallest absolute Gasteiger partial charge is 0.336 e. The van der Waals surface area contributed by atoms with Gasteiger partial charge in [-0.25, -0.2) is 4.79 Å². The first-order chi connectivity index (χ1) is 17.7. The highest BCUT2D eigenvalue weighted by Crippen LogP contribution is 2.34. The van der Waals surface area contributed by atoms with Gasteiger partial charge in [-0.05, 0) is 67.0 Å². The fourth-order valence-electron chi connectivity index (χ4n) is 5.56. The molecule has 0 radical (unpaired) electrons. The molecule has 1 atom stereocenters. The van der Waals surface area contributed by atoms with Gasteiger partial charge in [0.1, 0.15) is 5.58 Å². The monoisotopic (exact) mass is 498 g/mol. The zero-order chi connectivity index (χ0) is 24.1. The highest BCUT2D eigenvalue weighted by molar-refractivity contribution is 7.98. The van der Waals surface area contributed by atoms with Crippen LogP contribution in [-0.4, -0.2) is 32.5 Å². The topological polar surface area (TPSA) is 85.9 Å². The van der Waals surface area contributed by atoms with E-state index in [1.807, 2.05) is 18.3 Å². The Labute approximate surface area is 211 Å². The number of aryl methyl sites for hydroxylation is 2. The maximum atomic E-state index is 12.4. The normalized spacial score (nSPS) is 17.4. The number of aromatic amines is 1. The van der Waals surface area contributed by atoms with E-state index in [1.54, 1.807) is 17.8 Å². The number of fused-ring (bicyclic) bond motifs is 3. The highest BCUT2D eigenvalue weighted by atomic mass is 32.2. The van der Waals surface area contributed by atoms with Crippen LogP contribution in [0.5, 0.6) is 0 Å². The molecule has 182 valence electrons. The van der Waals surface area contributed by atoms with Gasteiger partial charge in [-0.15, -0.1) is 10.2 Å². The number of nitrogens with zero attached hydrogens (tertiary/aromatic N) is 3. The van der Waals surface area contributed by atoms with Gasteiger partial charge >= 0.3 is 5.63 Å². The molecule has 5 aromatic rings. The summed E-state index contributed by atoms with van der Waals surface area (Å²) in [5.41, 5.74) is 6.12. The molecule has 0 saturated carbocycles. The lowest BCUT2D eigenvalue weighted by molar-refractivity contribution is 0.0953. The molecule has 2 aliphatic rings. The van der Waals surface area contributed by atoms with Crippen LogP contribution >= 0.6 is 11.8 Å². The predicted octanol–water partition coefficient (Wildman–Crippen LogP) is 5.49. The SMILES string of the molecule is O=c1cc(CSc2nnc(-c3c[nH]c4ccccc34)n2CC2CCCO2)c2cc3c(cc2o1)CCC3. The van der Waals surface area contributed by atoms with E-state index in [-0.39, 0.29) is 11.7 Å². The van der Waals surface area contributed by atoms with Crippen LogP contribution in [0.25, 0.3) is 33.3 Å². The van der Waals surface area contributed by atoms with Crippen LogP contribution in [-0.2, 0) is 29.9 Å². The molecule has 1 fully saturated rings. The molecular weight excluding hydrogens is 472 g/mol. The third-order valence-corrected chi connectivity index (χ3v) is 8.37. The molecule has 8 heteroatoms. The first-order valence-electron chi connectivity index (χ1n) is 12.6. The average Bonchev–Trinajstić information content (AvgIpc) is 3.68. The number of nitrogens with one attached hydrogen (secondary N) is 1. The fraction of sp³-hybridized carbons (Fsp3) is 0.321. The maximum absolute atomic E-state index is 12.4. The fourth-order valence-corrected chi connectivity index (χ4v) is 6.50. The highest BCUT2D eigenvalue weighted by Gasteiger charge is 2.24. The molecule has 4 heterocycles. The van der Waals surface area contributed by atoms with Gasteiger partial charge in [0.05, 0.1) is 12.6 Å². The van der Waals surface area contributed by atoms with Crippen molar-refractivity contribution >= 4 is 33.6 Å². The van der Waals surface area contributed by atoms with Crippen molar-refractivity contribution in [3.8, 4) is 11.4 Å². The van der Waals surface area contributed by atoms with Crippen molar-refractivity contribution in [1.82, 2.24) is 19.7 Å². The van der Waals surface area contributed by atoms with Gasteiger partial charge in [0.15, 0.2) is 11.0 Å². The second-order valence-electron chi connectivity index (χ2n) is 9.65. The molecule has 1 unspecified atom stereocenters. The maximum Gasteiger partial charge on any atom is 0.336 e. The van der Waals surface area contributed by atoms with Gasteiger partial charge in [-0.3, -0.25) is 4.57 Å². The quantitative estimate of drug-likeness (QED) is 0.246. The lowest BCUT2D eigenvalue weighted by Crippen LogP contribution is -2.16. The van der Waals surface area contributed by atoms with Crippen molar-refractivity contribution in [2.24, 2.45) is 0 Å².